The third-order valence-corrected chi connectivity index (χ3v) is 4.61. The van der Waals surface area contributed by atoms with E-state index in [-0.39, 0.29) is 5.56 Å². The molecule has 0 saturated carbocycles. The molecular weight excluding hydrogens is 282 g/mol. The zero-order valence-electron chi connectivity index (χ0n) is 10.9. The Kier molecular flexibility index (Phi) is 3.49. The van der Waals surface area contributed by atoms with E-state index in [0.717, 1.165) is 16.1 Å². The smallest absolute Gasteiger partial charge is 0.340 e. The fourth-order valence-corrected chi connectivity index (χ4v) is 2.91. The maximum atomic E-state index is 12.4. The summed E-state index contributed by atoms with van der Waals surface area (Å²) in [6.07, 6.45) is 0.970. The number of carbonyl (C=O) groups is 1. The Morgan fingerprint density at radius 2 is 1.90 bits per heavy atom. The van der Waals surface area contributed by atoms with Crippen molar-refractivity contribution < 1.29 is 18.3 Å². The molecule has 2 N–H and O–H groups in total. The van der Waals surface area contributed by atoms with Gasteiger partial charge in [0.25, 0.3) is 10.0 Å². The van der Waals surface area contributed by atoms with Crippen molar-refractivity contribution in [2.75, 3.05) is 11.4 Å². The van der Waals surface area contributed by atoms with Gasteiger partial charge in [0.1, 0.15) is 5.56 Å². The van der Waals surface area contributed by atoms with E-state index in [4.69, 9.17) is 5.11 Å². The Labute approximate surface area is 115 Å². The van der Waals surface area contributed by atoms with E-state index in [1.807, 2.05) is 6.92 Å². The molecule has 20 heavy (non-hydrogen) atoms. The molecule has 2 aromatic rings. The number of anilines is 1. The minimum absolute atomic E-state index is 0.385. The number of aromatic carboxylic acids is 1. The Bertz CT molecular complexity index is 734. The first kappa shape index (κ1) is 14.1. The van der Waals surface area contributed by atoms with Gasteiger partial charge in [0.05, 0.1) is 11.9 Å². The summed E-state index contributed by atoms with van der Waals surface area (Å²) in [6, 6.07) is 6.83. The Hall–Kier alpha value is -2.35. The lowest BCUT2D eigenvalue weighted by Gasteiger charge is -2.18. The van der Waals surface area contributed by atoms with Gasteiger partial charge in [-0.3, -0.25) is 9.40 Å². The highest BCUT2D eigenvalue weighted by atomic mass is 32.2. The zero-order valence-corrected chi connectivity index (χ0v) is 11.7. The normalized spacial score (nSPS) is 11.3. The molecule has 0 aliphatic carbocycles. The average Bonchev–Trinajstić information content (AvgIpc) is 2.89. The predicted molar refractivity (Wildman–Crippen MR) is 72.3 cm³/mol. The van der Waals surface area contributed by atoms with Crippen LogP contribution in [0, 0.1) is 6.92 Å². The van der Waals surface area contributed by atoms with Gasteiger partial charge in [0, 0.05) is 7.05 Å². The number of carboxylic acid groups (broad SMARTS) is 1. The van der Waals surface area contributed by atoms with Crippen LogP contribution in [0.1, 0.15) is 15.9 Å². The molecule has 0 fully saturated rings. The molecule has 0 radical (unpaired) electrons. The van der Waals surface area contributed by atoms with Crippen LogP contribution in [0.3, 0.4) is 0 Å². The van der Waals surface area contributed by atoms with Crippen molar-refractivity contribution in [1.29, 1.82) is 0 Å². The lowest BCUT2D eigenvalue weighted by molar-refractivity contribution is 0.0692. The molecule has 2 rings (SSSR count). The van der Waals surface area contributed by atoms with Gasteiger partial charge in [-0.25, -0.2) is 4.79 Å². The van der Waals surface area contributed by atoms with E-state index < -0.39 is 21.0 Å². The second-order valence-corrected chi connectivity index (χ2v) is 6.13. The Morgan fingerprint density at radius 3 is 2.45 bits per heavy atom. The molecule has 1 heterocycles. The Balaban J connectivity index is 2.47. The van der Waals surface area contributed by atoms with E-state index in [1.165, 1.54) is 7.05 Å². The third kappa shape index (κ3) is 2.37. The van der Waals surface area contributed by atoms with Crippen molar-refractivity contribution in [3.8, 4) is 0 Å². The number of hydrogen-bond acceptors (Lipinski definition) is 4. The molecule has 0 amide bonds. The van der Waals surface area contributed by atoms with Crippen LogP contribution >= 0.6 is 0 Å². The van der Waals surface area contributed by atoms with Crippen molar-refractivity contribution in [2.45, 2.75) is 11.9 Å². The van der Waals surface area contributed by atoms with Gasteiger partial charge in [0.2, 0.25) is 0 Å². The van der Waals surface area contributed by atoms with Crippen LogP contribution in [0.5, 0.6) is 0 Å². The van der Waals surface area contributed by atoms with Gasteiger partial charge in [-0.05, 0) is 19.1 Å². The standard InChI is InChI=1S/C12H13N3O4S/c1-8-3-5-9(6-4-8)15(2)20(18,19)11-10(12(16)17)7-13-14-11/h3-7H,1-2H3,(H,13,14)(H,16,17). The number of aromatic amines is 1. The van der Waals surface area contributed by atoms with E-state index >= 15 is 0 Å². The second-order valence-electron chi connectivity index (χ2n) is 4.23. The predicted octanol–water partition coefficient (Wildman–Crippen LogP) is 1.24. The molecule has 0 aliphatic rings. The summed E-state index contributed by atoms with van der Waals surface area (Å²) in [5.41, 5.74) is 1.04. The number of carboxylic acids is 1. The maximum Gasteiger partial charge on any atom is 0.340 e. The fourth-order valence-electron chi connectivity index (χ4n) is 1.65. The number of aromatic nitrogens is 2. The van der Waals surface area contributed by atoms with E-state index in [2.05, 4.69) is 10.2 Å². The van der Waals surface area contributed by atoms with Gasteiger partial charge in [-0.1, -0.05) is 17.7 Å². The topological polar surface area (TPSA) is 103 Å². The minimum atomic E-state index is -4.00. The summed E-state index contributed by atoms with van der Waals surface area (Å²) in [7, 11) is -2.65. The lowest BCUT2D eigenvalue weighted by Crippen LogP contribution is -2.28. The first-order chi connectivity index (χ1) is 9.34. The number of nitrogens with one attached hydrogen (secondary N) is 1. The molecule has 0 unspecified atom stereocenters. The van der Waals surface area contributed by atoms with Crippen LogP contribution in [0.2, 0.25) is 0 Å². The van der Waals surface area contributed by atoms with Crippen molar-refractivity contribution in [2.24, 2.45) is 0 Å². The number of sulfonamides is 1. The average molecular weight is 295 g/mol. The van der Waals surface area contributed by atoms with Gasteiger partial charge in [-0.15, -0.1) is 0 Å². The van der Waals surface area contributed by atoms with Crippen LogP contribution in [0.25, 0.3) is 0 Å². The van der Waals surface area contributed by atoms with E-state index in [9.17, 15) is 13.2 Å². The highest BCUT2D eigenvalue weighted by Gasteiger charge is 2.29. The molecule has 1 aromatic heterocycles. The molecule has 0 bridgehead atoms. The monoisotopic (exact) mass is 295 g/mol. The largest absolute Gasteiger partial charge is 0.478 e. The SMILES string of the molecule is Cc1ccc(N(C)S(=O)(=O)c2[nH]ncc2C(=O)O)cc1. The first-order valence-corrected chi connectivity index (χ1v) is 7.10. The first-order valence-electron chi connectivity index (χ1n) is 5.66. The van der Waals surface area contributed by atoms with Gasteiger partial charge in [0.15, 0.2) is 5.03 Å². The Morgan fingerprint density at radius 1 is 1.30 bits per heavy atom. The highest BCUT2D eigenvalue weighted by Crippen LogP contribution is 2.23. The molecular formula is C12H13N3O4S. The van der Waals surface area contributed by atoms with E-state index in [0.29, 0.717) is 5.69 Å². The summed E-state index contributed by atoms with van der Waals surface area (Å²) >= 11 is 0. The molecule has 8 heteroatoms. The summed E-state index contributed by atoms with van der Waals surface area (Å²) in [5.74, 6) is -1.35. The number of hydrogen-bond donors (Lipinski definition) is 2. The van der Waals surface area contributed by atoms with Crippen molar-refractivity contribution in [3.05, 3.63) is 41.6 Å². The van der Waals surface area contributed by atoms with E-state index in [1.54, 1.807) is 24.3 Å². The minimum Gasteiger partial charge on any atom is -0.478 e. The quantitative estimate of drug-likeness (QED) is 0.883. The van der Waals surface area contributed by atoms with Crippen molar-refractivity contribution >= 4 is 21.7 Å². The van der Waals surface area contributed by atoms with Crippen LogP contribution in [0.15, 0.2) is 35.5 Å². The summed E-state index contributed by atoms with van der Waals surface area (Å²) in [4.78, 5) is 11.0. The number of nitrogens with zero attached hydrogens (tertiary/aromatic N) is 2. The number of rotatable bonds is 4. The molecule has 0 saturated heterocycles. The molecule has 0 aliphatic heterocycles. The highest BCUT2D eigenvalue weighted by molar-refractivity contribution is 7.92. The summed E-state index contributed by atoms with van der Waals surface area (Å²) in [6.45, 7) is 1.88. The van der Waals surface area contributed by atoms with Gasteiger partial charge >= 0.3 is 5.97 Å². The fraction of sp³-hybridized carbons (Fsp3) is 0.167. The molecule has 0 atom stereocenters. The molecule has 1 aromatic carbocycles. The number of benzene rings is 1. The van der Waals surface area contributed by atoms with Crippen LogP contribution in [-0.4, -0.2) is 36.7 Å². The van der Waals surface area contributed by atoms with Crippen molar-refractivity contribution in [3.63, 3.8) is 0 Å². The lowest BCUT2D eigenvalue weighted by atomic mass is 10.2. The second kappa shape index (κ2) is 4.97. The molecule has 0 spiro atoms. The number of H-pyrrole nitrogens is 1. The molecule has 106 valence electrons. The van der Waals surface area contributed by atoms with Gasteiger partial charge < -0.3 is 5.11 Å². The molecule has 7 nitrogen and oxygen atoms in total. The van der Waals surface area contributed by atoms with Crippen LogP contribution in [0.4, 0.5) is 5.69 Å². The van der Waals surface area contributed by atoms with Gasteiger partial charge in [-0.2, -0.15) is 13.5 Å². The van der Waals surface area contributed by atoms with Crippen molar-refractivity contribution in [1.82, 2.24) is 10.2 Å². The summed E-state index contributed by atoms with van der Waals surface area (Å²) in [5, 5.41) is 14.2. The van der Waals surface area contributed by atoms with Crippen LogP contribution < -0.4 is 4.31 Å². The maximum absolute atomic E-state index is 12.4. The third-order valence-electron chi connectivity index (χ3n) is 2.85. The zero-order chi connectivity index (χ0) is 14.9. The van der Waals surface area contributed by atoms with Crippen LogP contribution in [-0.2, 0) is 10.0 Å². The number of aryl methyl sites for hydroxylation is 1. The summed E-state index contributed by atoms with van der Waals surface area (Å²) < 4.78 is 25.8.